The number of pyridine rings is 1. The van der Waals surface area contributed by atoms with E-state index in [-0.39, 0.29) is 16.3 Å². The third-order valence-electron chi connectivity index (χ3n) is 2.80. The van der Waals surface area contributed by atoms with E-state index in [1.54, 1.807) is 0 Å². The Kier molecular flexibility index (Phi) is 6.56. The first-order chi connectivity index (χ1) is 11.5. The number of halogens is 4. The summed E-state index contributed by atoms with van der Waals surface area (Å²) in [5.74, 6) is -4.54. The van der Waals surface area contributed by atoms with Crippen LogP contribution in [0.1, 0.15) is 5.56 Å². The second kappa shape index (κ2) is 8.01. The van der Waals surface area contributed by atoms with Crippen LogP contribution in [0.25, 0.3) is 0 Å². The molecule has 0 aromatic carbocycles. The minimum absolute atomic E-state index is 0.0289. The van der Waals surface area contributed by atoms with Gasteiger partial charge in [0.25, 0.3) is 0 Å². The molecule has 0 aliphatic carbocycles. The Hall–Kier alpha value is -2.56. The Morgan fingerprint density at radius 3 is 2.28 bits per heavy atom. The Morgan fingerprint density at radius 2 is 1.88 bits per heavy atom. The molecule has 0 radical (unpaired) electrons. The number of carboxylic acid groups (broad SMARTS) is 1. The van der Waals surface area contributed by atoms with E-state index >= 15 is 0 Å². The summed E-state index contributed by atoms with van der Waals surface area (Å²) in [6, 6.07) is 1.02. The van der Waals surface area contributed by atoms with Crippen LogP contribution in [-0.2, 0) is 20.8 Å². The molecule has 0 fully saturated rings. The minimum Gasteiger partial charge on any atom is -0.481 e. The smallest absolute Gasteiger partial charge is 0.471 e. The van der Waals surface area contributed by atoms with Gasteiger partial charge in [0.15, 0.2) is 0 Å². The maximum atomic E-state index is 12.9. The van der Waals surface area contributed by atoms with E-state index in [0.717, 1.165) is 13.2 Å². The van der Waals surface area contributed by atoms with Gasteiger partial charge >= 0.3 is 18.1 Å². The number of alkyl halides is 3. The standard InChI is InChI=1S/C13H12ClF3N2O6/c1-24-8-3-6(4-9(21)22)10(11(18-8)25-2)19(5-7(14)20)12(23)13(15,16)17/h3H,4-5H2,1-2H3,(H,21,22). The van der Waals surface area contributed by atoms with E-state index in [1.165, 1.54) is 7.11 Å². The molecule has 0 saturated heterocycles. The number of nitrogens with zero attached hydrogens (tertiary/aromatic N) is 2. The van der Waals surface area contributed by atoms with Crippen molar-refractivity contribution in [3.8, 4) is 11.8 Å². The molecule has 0 spiro atoms. The van der Waals surface area contributed by atoms with Crippen LogP contribution in [0.2, 0.25) is 0 Å². The largest absolute Gasteiger partial charge is 0.481 e. The molecule has 1 aromatic rings. The Balaban J connectivity index is 3.67. The molecule has 1 amide bonds. The molecule has 1 rings (SSSR count). The summed E-state index contributed by atoms with van der Waals surface area (Å²) in [6.07, 6.45) is -6.14. The van der Waals surface area contributed by atoms with Crippen molar-refractivity contribution in [3.05, 3.63) is 11.6 Å². The number of aromatic nitrogens is 1. The first-order valence-corrected chi connectivity index (χ1v) is 6.79. The molecular formula is C13H12ClF3N2O6. The maximum Gasteiger partial charge on any atom is 0.471 e. The molecule has 12 heteroatoms. The molecule has 0 unspecified atom stereocenters. The monoisotopic (exact) mass is 384 g/mol. The molecule has 8 nitrogen and oxygen atoms in total. The third kappa shape index (κ3) is 5.21. The van der Waals surface area contributed by atoms with Gasteiger partial charge < -0.3 is 14.6 Å². The number of aliphatic carboxylic acids is 1. The van der Waals surface area contributed by atoms with Crippen LogP contribution in [-0.4, -0.2) is 54.2 Å². The van der Waals surface area contributed by atoms with Crippen molar-refractivity contribution >= 4 is 34.4 Å². The number of carboxylic acids is 1. The topological polar surface area (TPSA) is 106 Å². The van der Waals surface area contributed by atoms with Crippen molar-refractivity contribution in [1.82, 2.24) is 4.98 Å². The molecule has 138 valence electrons. The fourth-order valence-corrected chi connectivity index (χ4v) is 2.02. The van der Waals surface area contributed by atoms with Gasteiger partial charge in [-0.15, -0.1) is 0 Å². The van der Waals surface area contributed by atoms with Crippen LogP contribution in [0.3, 0.4) is 0 Å². The molecule has 0 bridgehead atoms. The third-order valence-corrected chi connectivity index (χ3v) is 2.92. The highest BCUT2D eigenvalue weighted by atomic mass is 35.5. The van der Waals surface area contributed by atoms with Gasteiger partial charge in [0.1, 0.15) is 12.2 Å². The second-order valence-corrected chi connectivity index (χ2v) is 4.92. The predicted octanol–water partition coefficient (Wildman–Crippen LogP) is 1.39. The normalized spacial score (nSPS) is 11.0. The number of hydrogen-bond acceptors (Lipinski definition) is 6. The van der Waals surface area contributed by atoms with Gasteiger partial charge in [0.05, 0.1) is 20.6 Å². The average molecular weight is 385 g/mol. The second-order valence-electron chi connectivity index (χ2n) is 4.50. The highest BCUT2D eigenvalue weighted by Gasteiger charge is 2.45. The number of methoxy groups -OCH3 is 2. The molecule has 1 aromatic heterocycles. The lowest BCUT2D eigenvalue weighted by Crippen LogP contribution is -2.44. The number of ether oxygens (including phenoxy) is 2. The zero-order valence-corrected chi connectivity index (χ0v) is 13.6. The van der Waals surface area contributed by atoms with Crippen molar-refractivity contribution in [2.24, 2.45) is 0 Å². The van der Waals surface area contributed by atoms with Crippen LogP contribution in [0.15, 0.2) is 6.07 Å². The lowest BCUT2D eigenvalue weighted by atomic mass is 10.1. The summed E-state index contributed by atoms with van der Waals surface area (Å²) >= 11 is 5.13. The number of carbonyl (C=O) groups is 3. The van der Waals surface area contributed by atoms with E-state index in [0.29, 0.717) is 0 Å². The van der Waals surface area contributed by atoms with Crippen LogP contribution in [0.5, 0.6) is 11.8 Å². The molecule has 0 aliphatic rings. The van der Waals surface area contributed by atoms with Crippen molar-refractivity contribution in [1.29, 1.82) is 0 Å². The maximum absolute atomic E-state index is 12.9. The number of hydrogen-bond donors (Lipinski definition) is 1. The quantitative estimate of drug-likeness (QED) is 0.708. The average Bonchev–Trinajstić information content (AvgIpc) is 2.49. The first-order valence-electron chi connectivity index (χ1n) is 6.42. The van der Waals surface area contributed by atoms with E-state index in [2.05, 4.69) is 4.98 Å². The van der Waals surface area contributed by atoms with Gasteiger partial charge in [0.2, 0.25) is 17.0 Å². The fraction of sp³-hybridized carbons (Fsp3) is 0.385. The van der Waals surface area contributed by atoms with Crippen LogP contribution in [0, 0.1) is 0 Å². The summed E-state index contributed by atoms with van der Waals surface area (Å²) in [6.45, 7) is -1.17. The van der Waals surface area contributed by atoms with E-state index in [4.69, 9.17) is 26.2 Å². The molecular weight excluding hydrogens is 373 g/mol. The van der Waals surface area contributed by atoms with Crippen molar-refractivity contribution in [2.75, 3.05) is 25.7 Å². The van der Waals surface area contributed by atoms with Crippen LogP contribution >= 0.6 is 11.6 Å². The molecule has 1 N–H and O–H groups in total. The highest BCUT2D eigenvalue weighted by molar-refractivity contribution is 6.64. The highest BCUT2D eigenvalue weighted by Crippen LogP contribution is 2.36. The van der Waals surface area contributed by atoms with Crippen LogP contribution < -0.4 is 14.4 Å². The van der Waals surface area contributed by atoms with Gasteiger partial charge in [-0.3, -0.25) is 19.3 Å². The molecule has 25 heavy (non-hydrogen) atoms. The Morgan fingerprint density at radius 1 is 1.28 bits per heavy atom. The summed E-state index contributed by atoms with van der Waals surface area (Å²) in [5, 5.41) is 7.68. The van der Waals surface area contributed by atoms with Gasteiger partial charge in [-0.1, -0.05) is 0 Å². The van der Waals surface area contributed by atoms with Crippen molar-refractivity contribution in [3.63, 3.8) is 0 Å². The Labute approximate surface area is 144 Å². The summed E-state index contributed by atoms with van der Waals surface area (Å²) in [4.78, 5) is 37.5. The van der Waals surface area contributed by atoms with E-state index < -0.39 is 47.8 Å². The minimum atomic E-state index is -5.35. The molecule has 1 heterocycles. The molecule has 0 atom stereocenters. The van der Waals surface area contributed by atoms with Gasteiger partial charge in [-0.05, 0) is 17.2 Å². The van der Waals surface area contributed by atoms with Crippen LogP contribution in [0.4, 0.5) is 18.9 Å². The summed E-state index contributed by atoms with van der Waals surface area (Å²) in [5.41, 5.74) is -0.922. The Bertz CT molecular complexity index is 695. The van der Waals surface area contributed by atoms with Gasteiger partial charge in [-0.25, -0.2) is 0 Å². The molecule has 0 aliphatic heterocycles. The number of carbonyl (C=O) groups excluding carboxylic acids is 2. The van der Waals surface area contributed by atoms with E-state index in [9.17, 15) is 27.6 Å². The summed E-state index contributed by atoms with van der Waals surface area (Å²) in [7, 11) is 2.22. The fourth-order valence-electron chi connectivity index (χ4n) is 1.90. The zero-order valence-electron chi connectivity index (χ0n) is 12.9. The number of rotatable bonds is 7. The SMILES string of the molecule is COc1cc(CC(=O)O)c(N(CC(=O)Cl)C(=O)C(F)(F)F)c(OC)n1. The number of anilines is 1. The molecule has 0 saturated carbocycles. The van der Waals surface area contributed by atoms with Crippen molar-refractivity contribution in [2.45, 2.75) is 12.6 Å². The van der Waals surface area contributed by atoms with Crippen molar-refractivity contribution < 1.29 is 42.1 Å². The predicted molar refractivity (Wildman–Crippen MR) is 77.9 cm³/mol. The zero-order chi connectivity index (χ0) is 19.4. The number of amides is 1. The van der Waals surface area contributed by atoms with E-state index in [1.807, 2.05) is 0 Å². The lowest BCUT2D eigenvalue weighted by Gasteiger charge is -2.25. The van der Waals surface area contributed by atoms with Gasteiger partial charge in [-0.2, -0.15) is 18.2 Å². The summed E-state index contributed by atoms with van der Waals surface area (Å²) < 4.78 is 48.2. The van der Waals surface area contributed by atoms with Gasteiger partial charge in [0, 0.05) is 6.07 Å². The lowest BCUT2D eigenvalue weighted by molar-refractivity contribution is -0.170. The first kappa shape index (κ1) is 20.5.